The van der Waals surface area contributed by atoms with Crippen molar-refractivity contribution in [1.82, 2.24) is 20.1 Å². The molecular weight excluding hydrogens is 541 g/mol. The van der Waals surface area contributed by atoms with Crippen LogP contribution in [0.25, 0.3) is 0 Å². The molecule has 0 saturated heterocycles. The third-order valence-electron chi connectivity index (χ3n) is 4.54. The van der Waals surface area contributed by atoms with Gasteiger partial charge >= 0.3 is 0 Å². The Bertz CT molecular complexity index is 1050. The van der Waals surface area contributed by atoms with Gasteiger partial charge in [-0.25, -0.2) is 0 Å². The number of hydrogen-bond donors (Lipinski definition) is 2. The van der Waals surface area contributed by atoms with Crippen molar-refractivity contribution in [2.24, 2.45) is 0 Å². The summed E-state index contributed by atoms with van der Waals surface area (Å²) in [6, 6.07) is 15.0. The van der Waals surface area contributed by atoms with Crippen molar-refractivity contribution in [2.45, 2.75) is 31.6 Å². The number of anilines is 1. The van der Waals surface area contributed by atoms with Crippen LogP contribution >= 0.6 is 34.4 Å². The maximum Gasteiger partial charge on any atom is 0.234 e. The molecule has 0 aliphatic rings. The van der Waals surface area contributed by atoms with Gasteiger partial charge in [0.25, 0.3) is 0 Å². The first-order valence-corrected chi connectivity index (χ1v) is 12.0. The fraction of sp³-hybridized carbons (Fsp3) is 0.273. The zero-order valence-electron chi connectivity index (χ0n) is 17.8. The molecule has 0 aliphatic heterocycles. The van der Waals surface area contributed by atoms with Crippen LogP contribution in [0.1, 0.15) is 18.3 Å². The third kappa shape index (κ3) is 6.95. The number of carbonyl (C=O) groups is 2. The Balaban J connectivity index is 1.50. The molecule has 0 unspecified atom stereocenters. The SMILES string of the molecule is CCn1c(CNC(=O)Cc2ccc(OC)cc2)nnc1SCC(=O)Nc1ccc(I)cc1. The molecule has 0 radical (unpaired) electrons. The van der Waals surface area contributed by atoms with Crippen LogP contribution in [0.15, 0.2) is 53.7 Å². The number of amides is 2. The number of nitrogens with one attached hydrogen (secondary N) is 2. The Morgan fingerprint density at radius 3 is 2.44 bits per heavy atom. The van der Waals surface area contributed by atoms with E-state index in [-0.39, 0.29) is 30.5 Å². The lowest BCUT2D eigenvalue weighted by atomic mass is 10.1. The first kappa shape index (κ1) is 24.1. The van der Waals surface area contributed by atoms with Crippen molar-refractivity contribution in [3.63, 3.8) is 0 Å². The van der Waals surface area contributed by atoms with E-state index in [0.29, 0.717) is 17.5 Å². The molecule has 2 N–H and O–H groups in total. The standard InChI is InChI=1S/C22H24IN5O3S/c1-3-28-19(13-24-20(29)12-15-4-10-18(31-2)11-5-15)26-27-22(28)32-14-21(30)25-17-8-6-16(23)7-9-17/h4-11H,3,12-14H2,1-2H3,(H,24,29)(H,25,30). The van der Waals surface area contributed by atoms with Gasteiger partial charge in [-0.3, -0.25) is 9.59 Å². The molecule has 3 aromatic rings. The molecule has 0 fully saturated rings. The average Bonchev–Trinajstić information content (AvgIpc) is 3.20. The van der Waals surface area contributed by atoms with E-state index in [4.69, 9.17) is 4.74 Å². The summed E-state index contributed by atoms with van der Waals surface area (Å²) in [5.41, 5.74) is 1.66. The number of rotatable bonds is 10. The van der Waals surface area contributed by atoms with Crippen LogP contribution in [0, 0.1) is 3.57 Å². The predicted octanol–water partition coefficient (Wildman–Crippen LogP) is 3.50. The highest BCUT2D eigenvalue weighted by atomic mass is 127. The molecule has 0 bridgehead atoms. The van der Waals surface area contributed by atoms with E-state index in [1.54, 1.807) is 7.11 Å². The van der Waals surface area contributed by atoms with Crippen molar-refractivity contribution < 1.29 is 14.3 Å². The summed E-state index contributed by atoms with van der Waals surface area (Å²) in [6.07, 6.45) is 0.268. The van der Waals surface area contributed by atoms with Crippen LogP contribution < -0.4 is 15.4 Å². The minimum atomic E-state index is -0.115. The van der Waals surface area contributed by atoms with Crippen molar-refractivity contribution in [3.05, 3.63) is 63.5 Å². The van der Waals surface area contributed by atoms with Crippen LogP contribution in [0.2, 0.25) is 0 Å². The Hall–Kier alpha value is -2.60. The van der Waals surface area contributed by atoms with E-state index in [2.05, 4.69) is 43.4 Å². The quantitative estimate of drug-likeness (QED) is 0.289. The van der Waals surface area contributed by atoms with Gasteiger partial charge < -0.3 is 19.9 Å². The lowest BCUT2D eigenvalue weighted by Crippen LogP contribution is -2.26. The number of ether oxygens (including phenoxy) is 1. The topological polar surface area (TPSA) is 98.1 Å². The molecule has 1 heterocycles. The minimum Gasteiger partial charge on any atom is -0.497 e. The molecule has 10 heteroatoms. The Morgan fingerprint density at radius 1 is 1.06 bits per heavy atom. The summed E-state index contributed by atoms with van der Waals surface area (Å²) in [4.78, 5) is 24.5. The van der Waals surface area contributed by atoms with E-state index >= 15 is 0 Å². The van der Waals surface area contributed by atoms with Crippen LogP contribution in [0.5, 0.6) is 5.75 Å². The second-order valence-electron chi connectivity index (χ2n) is 6.79. The molecular formula is C22H24IN5O3S. The van der Waals surface area contributed by atoms with Gasteiger partial charge in [-0.1, -0.05) is 23.9 Å². The van der Waals surface area contributed by atoms with E-state index in [1.165, 1.54) is 11.8 Å². The first-order valence-electron chi connectivity index (χ1n) is 9.98. The molecule has 2 aromatic carbocycles. The fourth-order valence-corrected chi connectivity index (χ4v) is 4.08. The summed E-state index contributed by atoms with van der Waals surface area (Å²) in [5.74, 6) is 1.40. The second-order valence-corrected chi connectivity index (χ2v) is 8.98. The average molecular weight is 565 g/mol. The minimum absolute atomic E-state index is 0.105. The van der Waals surface area contributed by atoms with Gasteiger partial charge in [0.15, 0.2) is 11.0 Å². The fourth-order valence-electron chi connectivity index (χ4n) is 2.90. The zero-order chi connectivity index (χ0) is 22.9. The maximum atomic E-state index is 12.3. The molecule has 1 aromatic heterocycles. The molecule has 8 nitrogen and oxygen atoms in total. The Morgan fingerprint density at radius 2 is 1.78 bits per heavy atom. The molecule has 0 atom stereocenters. The third-order valence-corrected chi connectivity index (χ3v) is 6.22. The van der Waals surface area contributed by atoms with Crippen LogP contribution in [-0.2, 0) is 29.1 Å². The molecule has 0 spiro atoms. The van der Waals surface area contributed by atoms with Gasteiger partial charge in [0.1, 0.15) is 5.75 Å². The van der Waals surface area contributed by atoms with Gasteiger partial charge in [0.2, 0.25) is 11.8 Å². The number of aromatic nitrogens is 3. The summed E-state index contributed by atoms with van der Waals surface area (Å²) in [7, 11) is 1.61. The normalized spacial score (nSPS) is 10.6. The van der Waals surface area contributed by atoms with Gasteiger partial charge in [0.05, 0.1) is 25.8 Å². The smallest absolute Gasteiger partial charge is 0.234 e. The number of halogens is 1. The number of thioether (sulfide) groups is 1. The highest BCUT2D eigenvalue weighted by Crippen LogP contribution is 2.18. The van der Waals surface area contributed by atoms with Crippen molar-refractivity contribution in [2.75, 3.05) is 18.2 Å². The summed E-state index contributed by atoms with van der Waals surface area (Å²) in [5, 5.41) is 14.8. The number of nitrogens with zero attached hydrogens (tertiary/aromatic N) is 3. The molecule has 3 rings (SSSR count). The second kappa shape index (κ2) is 11.9. The molecule has 2 amide bonds. The molecule has 168 valence electrons. The lowest BCUT2D eigenvalue weighted by molar-refractivity contribution is -0.120. The number of hydrogen-bond acceptors (Lipinski definition) is 6. The lowest BCUT2D eigenvalue weighted by Gasteiger charge is -2.09. The van der Waals surface area contributed by atoms with Crippen LogP contribution in [0.3, 0.4) is 0 Å². The van der Waals surface area contributed by atoms with E-state index < -0.39 is 0 Å². The number of benzene rings is 2. The van der Waals surface area contributed by atoms with Gasteiger partial charge in [-0.15, -0.1) is 10.2 Å². The van der Waals surface area contributed by atoms with Gasteiger partial charge in [-0.05, 0) is 71.5 Å². The molecule has 0 aliphatic carbocycles. The molecule has 32 heavy (non-hydrogen) atoms. The van der Waals surface area contributed by atoms with E-state index in [0.717, 1.165) is 20.6 Å². The summed E-state index contributed by atoms with van der Waals surface area (Å²) in [6.45, 7) is 2.88. The van der Waals surface area contributed by atoms with Gasteiger partial charge in [-0.2, -0.15) is 0 Å². The molecule has 0 saturated carbocycles. The van der Waals surface area contributed by atoms with Crippen molar-refractivity contribution in [3.8, 4) is 5.75 Å². The number of carbonyl (C=O) groups excluding carboxylic acids is 2. The highest BCUT2D eigenvalue weighted by molar-refractivity contribution is 14.1. The van der Waals surface area contributed by atoms with E-state index in [1.807, 2.05) is 60.0 Å². The Labute approximate surface area is 204 Å². The van der Waals surface area contributed by atoms with Gasteiger partial charge in [0, 0.05) is 15.8 Å². The predicted molar refractivity (Wildman–Crippen MR) is 133 cm³/mol. The van der Waals surface area contributed by atoms with Crippen LogP contribution in [-0.4, -0.2) is 39.4 Å². The van der Waals surface area contributed by atoms with E-state index in [9.17, 15) is 9.59 Å². The largest absolute Gasteiger partial charge is 0.497 e. The summed E-state index contributed by atoms with van der Waals surface area (Å²) < 4.78 is 8.14. The van der Waals surface area contributed by atoms with Crippen LogP contribution in [0.4, 0.5) is 5.69 Å². The summed E-state index contributed by atoms with van der Waals surface area (Å²) >= 11 is 3.53. The van der Waals surface area contributed by atoms with Crippen molar-refractivity contribution in [1.29, 1.82) is 0 Å². The maximum absolute atomic E-state index is 12.3. The van der Waals surface area contributed by atoms with Crippen molar-refractivity contribution >= 4 is 51.9 Å². The highest BCUT2D eigenvalue weighted by Gasteiger charge is 2.14. The first-order chi connectivity index (χ1) is 15.5. The Kier molecular flexibility index (Phi) is 8.91. The monoisotopic (exact) mass is 565 g/mol. The number of methoxy groups -OCH3 is 1. The zero-order valence-corrected chi connectivity index (χ0v) is 20.8.